The second kappa shape index (κ2) is 7.95. The van der Waals surface area contributed by atoms with Crippen LogP contribution < -0.4 is 5.32 Å². The minimum absolute atomic E-state index is 0.573. The van der Waals surface area contributed by atoms with Crippen molar-refractivity contribution in [1.82, 2.24) is 14.9 Å². The number of hydrogen-bond donors (Lipinski definition) is 1. The molecule has 1 aliphatic heterocycles. The van der Waals surface area contributed by atoms with E-state index in [0.717, 1.165) is 37.0 Å². The van der Waals surface area contributed by atoms with Crippen LogP contribution in [0.1, 0.15) is 18.4 Å². The zero-order chi connectivity index (χ0) is 16.1. The van der Waals surface area contributed by atoms with Crippen LogP contribution in [0.5, 0.6) is 0 Å². The molecule has 0 spiro atoms. The Labute approximate surface area is 146 Å². The Morgan fingerprint density at radius 3 is 2.65 bits per heavy atom. The minimum atomic E-state index is 0.573. The van der Waals surface area contributed by atoms with Crippen LogP contribution >= 0.6 is 23.2 Å². The van der Waals surface area contributed by atoms with Crippen LogP contribution in [-0.4, -0.2) is 34.5 Å². The van der Waals surface area contributed by atoms with Crippen molar-refractivity contribution in [3.05, 3.63) is 52.4 Å². The normalized spacial score (nSPS) is 16.4. The van der Waals surface area contributed by atoms with Gasteiger partial charge in [0.1, 0.15) is 17.2 Å². The topological polar surface area (TPSA) is 41.0 Å². The van der Waals surface area contributed by atoms with Crippen molar-refractivity contribution in [3.63, 3.8) is 0 Å². The lowest BCUT2D eigenvalue weighted by molar-refractivity contribution is 0.182. The highest BCUT2D eigenvalue weighted by Gasteiger charge is 2.20. The molecule has 1 saturated heterocycles. The first-order valence-corrected chi connectivity index (χ1v) is 8.63. The summed E-state index contributed by atoms with van der Waals surface area (Å²) in [6.45, 7) is 4.01. The van der Waals surface area contributed by atoms with Gasteiger partial charge in [0.05, 0.1) is 6.20 Å². The first-order chi connectivity index (χ1) is 11.2. The number of hydrogen-bond acceptors (Lipinski definition) is 4. The summed E-state index contributed by atoms with van der Waals surface area (Å²) in [7, 11) is 0. The van der Waals surface area contributed by atoms with Gasteiger partial charge in [0.15, 0.2) is 0 Å². The smallest absolute Gasteiger partial charge is 0.148 e. The molecular weight excluding hydrogens is 331 g/mol. The highest BCUT2D eigenvalue weighted by atomic mass is 35.5. The molecule has 1 aromatic carbocycles. The molecule has 2 heterocycles. The van der Waals surface area contributed by atoms with Crippen molar-refractivity contribution in [3.8, 4) is 0 Å². The maximum atomic E-state index is 6.24. The van der Waals surface area contributed by atoms with E-state index in [4.69, 9.17) is 23.2 Å². The summed E-state index contributed by atoms with van der Waals surface area (Å²) in [6, 6.07) is 8.08. The number of piperidine rings is 1. The molecule has 23 heavy (non-hydrogen) atoms. The number of aromatic nitrogens is 2. The molecule has 4 nitrogen and oxygen atoms in total. The van der Waals surface area contributed by atoms with E-state index >= 15 is 0 Å². The minimum Gasteiger partial charge on any atom is -0.368 e. The molecule has 0 bridgehead atoms. The molecule has 1 aromatic heterocycles. The van der Waals surface area contributed by atoms with Crippen molar-refractivity contribution in [1.29, 1.82) is 0 Å². The number of anilines is 1. The van der Waals surface area contributed by atoms with Crippen LogP contribution in [0.2, 0.25) is 10.0 Å². The van der Waals surface area contributed by atoms with Gasteiger partial charge in [0.25, 0.3) is 0 Å². The molecule has 122 valence electrons. The third-order valence-electron chi connectivity index (χ3n) is 4.28. The monoisotopic (exact) mass is 350 g/mol. The van der Waals surface area contributed by atoms with Gasteiger partial charge in [0, 0.05) is 18.1 Å². The Hall–Kier alpha value is -1.36. The van der Waals surface area contributed by atoms with E-state index in [9.17, 15) is 0 Å². The van der Waals surface area contributed by atoms with E-state index in [1.807, 2.05) is 18.2 Å². The number of nitrogens with one attached hydrogen (secondary N) is 1. The number of rotatable bonds is 5. The Bertz CT molecular complexity index is 642. The van der Waals surface area contributed by atoms with E-state index < -0.39 is 0 Å². The summed E-state index contributed by atoms with van der Waals surface area (Å²) in [5.41, 5.74) is 1.21. The number of likely N-dealkylation sites (tertiary alicyclic amines) is 1. The van der Waals surface area contributed by atoms with E-state index in [2.05, 4.69) is 26.3 Å². The van der Waals surface area contributed by atoms with Gasteiger partial charge in [-0.15, -0.1) is 0 Å². The van der Waals surface area contributed by atoms with Crippen LogP contribution in [0, 0.1) is 5.92 Å². The molecule has 1 aliphatic rings. The van der Waals surface area contributed by atoms with Crippen molar-refractivity contribution in [2.24, 2.45) is 5.92 Å². The van der Waals surface area contributed by atoms with E-state index in [1.165, 1.54) is 24.7 Å². The van der Waals surface area contributed by atoms with Gasteiger partial charge < -0.3 is 5.32 Å². The van der Waals surface area contributed by atoms with Crippen molar-refractivity contribution in [2.75, 3.05) is 25.0 Å². The predicted octanol–water partition coefficient (Wildman–Crippen LogP) is 4.11. The van der Waals surface area contributed by atoms with Gasteiger partial charge in [-0.3, -0.25) is 4.90 Å². The first-order valence-electron chi connectivity index (χ1n) is 7.87. The predicted molar refractivity (Wildman–Crippen MR) is 95.0 cm³/mol. The lowest BCUT2D eigenvalue weighted by atomic mass is 9.96. The fourth-order valence-electron chi connectivity index (χ4n) is 2.90. The molecule has 0 radical (unpaired) electrons. The summed E-state index contributed by atoms with van der Waals surface area (Å²) in [5, 5.41) is 4.76. The summed E-state index contributed by atoms with van der Waals surface area (Å²) in [4.78, 5) is 10.5. The zero-order valence-electron chi connectivity index (χ0n) is 12.9. The van der Waals surface area contributed by atoms with Gasteiger partial charge in [-0.2, -0.15) is 0 Å². The number of nitrogens with zero attached hydrogens (tertiary/aromatic N) is 3. The molecule has 1 N–H and O–H groups in total. The lowest BCUT2D eigenvalue weighted by Crippen LogP contribution is -2.35. The maximum absolute atomic E-state index is 6.24. The second-order valence-corrected chi connectivity index (χ2v) is 6.73. The summed E-state index contributed by atoms with van der Waals surface area (Å²) >= 11 is 12.3. The maximum Gasteiger partial charge on any atom is 0.148 e. The van der Waals surface area contributed by atoms with Gasteiger partial charge >= 0.3 is 0 Å². The third-order valence-corrected chi connectivity index (χ3v) is 4.93. The highest BCUT2D eigenvalue weighted by molar-refractivity contribution is 6.32. The van der Waals surface area contributed by atoms with Crippen LogP contribution in [0.4, 0.5) is 5.82 Å². The largest absolute Gasteiger partial charge is 0.368 e. The number of benzene rings is 1. The fourth-order valence-corrected chi connectivity index (χ4v) is 3.27. The molecule has 6 heteroatoms. The summed E-state index contributed by atoms with van der Waals surface area (Å²) in [5.74, 6) is 1.36. The third kappa shape index (κ3) is 4.56. The van der Waals surface area contributed by atoms with Crippen molar-refractivity contribution < 1.29 is 0 Å². The SMILES string of the molecule is Clc1ccccc1CN1CCC(CNc2ncncc2Cl)CC1. The average molecular weight is 351 g/mol. The Morgan fingerprint density at radius 1 is 1.13 bits per heavy atom. The fraction of sp³-hybridized carbons (Fsp3) is 0.412. The molecule has 0 unspecified atom stereocenters. The average Bonchev–Trinajstić information content (AvgIpc) is 2.57. The standard InChI is InChI=1S/C17H20Cl2N4/c18-15-4-2-1-3-14(15)11-23-7-5-13(6-8-23)9-21-17-16(19)10-20-12-22-17/h1-4,10,12-13H,5-9,11H2,(H,20,21,22). The second-order valence-electron chi connectivity index (χ2n) is 5.91. The molecule has 0 atom stereocenters. The molecular formula is C17H20Cl2N4. The van der Waals surface area contributed by atoms with Crippen molar-refractivity contribution >= 4 is 29.0 Å². The molecule has 1 fully saturated rings. The molecule has 2 aromatic rings. The molecule has 0 amide bonds. The number of halogens is 2. The lowest BCUT2D eigenvalue weighted by Gasteiger charge is -2.32. The van der Waals surface area contributed by atoms with Crippen LogP contribution in [-0.2, 0) is 6.54 Å². The molecule has 0 saturated carbocycles. The quantitative estimate of drug-likeness (QED) is 0.880. The van der Waals surface area contributed by atoms with Gasteiger partial charge in [0.2, 0.25) is 0 Å². The van der Waals surface area contributed by atoms with E-state index in [0.29, 0.717) is 10.9 Å². The molecule has 3 rings (SSSR count). The first kappa shape index (κ1) is 16.5. The van der Waals surface area contributed by atoms with E-state index in [1.54, 1.807) is 6.20 Å². The van der Waals surface area contributed by atoms with Crippen LogP contribution in [0.25, 0.3) is 0 Å². The van der Waals surface area contributed by atoms with Crippen LogP contribution in [0.3, 0.4) is 0 Å². The van der Waals surface area contributed by atoms with Gasteiger partial charge in [-0.25, -0.2) is 9.97 Å². The van der Waals surface area contributed by atoms with Gasteiger partial charge in [-0.1, -0.05) is 41.4 Å². The van der Waals surface area contributed by atoms with E-state index in [-0.39, 0.29) is 0 Å². The Morgan fingerprint density at radius 2 is 1.91 bits per heavy atom. The Balaban J connectivity index is 1.45. The van der Waals surface area contributed by atoms with Gasteiger partial charge in [-0.05, 0) is 43.5 Å². The zero-order valence-corrected chi connectivity index (χ0v) is 14.4. The summed E-state index contributed by atoms with van der Waals surface area (Å²) < 4.78 is 0. The van der Waals surface area contributed by atoms with Crippen LogP contribution in [0.15, 0.2) is 36.8 Å². The molecule has 0 aliphatic carbocycles. The highest BCUT2D eigenvalue weighted by Crippen LogP contribution is 2.23. The summed E-state index contributed by atoms with van der Waals surface area (Å²) in [6.07, 6.45) is 5.46. The Kier molecular flexibility index (Phi) is 5.70. The van der Waals surface area contributed by atoms with Crippen molar-refractivity contribution in [2.45, 2.75) is 19.4 Å².